The number of nitriles is 1. The third-order valence-corrected chi connectivity index (χ3v) is 3.98. The number of nitrogens with one attached hydrogen (secondary N) is 1. The molecule has 7 nitrogen and oxygen atoms in total. The highest BCUT2D eigenvalue weighted by atomic mass is 35.5. The van der Waals surface area contributed by atoms with Crippen molar-refractivity contribution in [2.45, 2.75) is 6.18 Å². The Bertz CT molecular complexity index is 973. The highest BCUT2D eigenvalue weighted by Crippen LogP contribution is 2.36. The van der Waals surface area contributed by atoms with Crippen molar-refractivity contribution in [1.29, 1.82) is 5.26 Å². The zero-order chi connectivity index (χ0) is 21.1. The second-order valence-electron chi connectivity index (χ2n) is 5.67. The van der Waals surface area contributed by atoms with Gasteiger partial charge in [-0.2, -0.15) is 18.4 Å². The van der Waals surface area contributed by atoms with Gasteiger partial charge in [0.25, 0.3) is 5.69 Å². The predicted octanol–water partition coefficient (Wildman–Crippen LogP) is 4.21. The van der Waals surface area contributed by atoms with Crippen molar-refractivity contribution < 1.29 is 22.9 Å². The summed E-state index contributed by atoms with van der Waals surface area (Å²) < 4.78 is 38.7. The van der Waals surface area contributed by atoms with Crippen molar-refractivity contribution in [2.75, 3.05) is 23.8 Å². The molecule has 0 radical (unpaired) electrons. The number of nitro groups is 1. The zero-order valence-corrected chi connectivity index (χ0v) is 15.0. The Morgan fingerprint density at radius 3 is 2.57 bits per heavy atom. The quantitative estimate of drug-likeness (QED) is 0.585. The molecule has 2 rings (SSSR count). The highest BCUT2D eigenvalue weighted by molar-refractivity contribution is 6.31. The number of benzene rings is 2. The lowest BCUT2D eigenvalue weighted by Gasteiger charge is -2.19. The van der Waals surface area contributed by atoms with Gasteiger partial charge in [-0.3, -0.25) is 14.9 Å². The molecule has 0 unspecified atom stereocenters. The summed E-state index contributed by atoms with van der Waals surface area (Å²) in [5.41, 5.74) is -1.44. The lowest BCUT2D eigenvalue weighted by molar-refractivity contribution is -0.384. The number of likely N-dealkylation sites (N-methyl/N-ethyl adjacent to an activating group) is 1. The maximum atomic E-state index is 12.9. The van der Waals surface area contributed by atoms with E-state index in [9.17, 15) is 28.1 Å². The molecule has 11 heteroatoms. The Kier molecular flexibility index (Phi) is 6.10. The summed E-state index contributed by atoms with van der Waals surface area (Å²) in [6.45, 7) is -0.378. The van der Waals surface area contributed by atoms with E-state index in [4.69, 9.17) is 16.9 Å². The van der Waals surface area contributed by atoms with E-state index in [1.165, 1.54) is 30.1 Å². The minimum atomic E-state index is -4.68. The maximum Gasteiger partial charge on any atom is 0.417 e. The molecular formula is C17H12ClF3N4O3. The third-order valence-electron chi connectivity index (χ3n) is 3.65. The molecule has 0 fully saturated rings. The van der Waals surface area contributed by atoms with E-state index >= 15 is 0 Å². The van der Waals surface area contributed by atoms with Gasteiger partial charge in [0.2, 0.25) is 5.91 Å². The lowest BCUT2D eigenvalue weighted by atomic mass is 10.1. The molecule has 146 valence electrons. The number of hydrogen-bond acceptors (Lipinski definition) is 5. The second kappa shape index (κ2) is 8.14. The fourth-order valence-electron chi connectivity index (χ4n) is 2.38. The Balaban J connectivity index is 2.18. The van der Waals surface area contributed by atoms with Crippen LogP contribution < -0.4 is 10.2 Å². The Hall–Kier alpha value is -3.32. The monoisotopic (exact) mass is 412 g/mol. The Labute approximate surface area is 162 Å². The van der Waals surface area contributed by atoms with Crippen LogP contribution in [0, 0.1) is 21.4 Å². The number of carbonyl (C=O) groups is 1. The van der Waals surface area contributed by atoms with Crippen molar-refractivity contribution in [2.24, 2.45) is 0 Å². The summed E-state index contributed by atoms with van der Waals surface area (Å²) in [6, 6.07) is 8.43. The SMILES string of the molecule is CN(CC(=O)Nc1ccc(Cl)c(C(F)(F)F)c1)c1ccc(C#N)cc1[N+](=O)[O-]. The highest BCUT2D eigenvalue weighted by Gasteiger charge is 2.33. The smallest absolute Gasteiger partial charge is 0.360 e. The second-order valence-corrected chi connectivity index (χ2v) is 6.08. The zero-order valence-electron chi connectivity index (χ0n) is 14.2. The number of nitrogens with zero attached hydrogens (tertiary/aromatic N) is 3. The van der Waals surface area contributed by atoms with Crippen LogP contribution in [0.25, 0.3) is 0 Å². The van der Waals surface area contributed by atoms with Gasteiger partial charge in [0.1, 0.15) is 5.69 Å². The van der Waals surface area contributed by atoms with E-state index < -0.39 is 27.6 Å². The summed E-state index contributed by atoms with van der Waals surface area (Å²) in [4.78, 5) is 23.9. The number of hydrogen-bond donors (Lipinski definition) is 1. The summed E-state index contributed by atoms with van der Waals surface area (Å²) in [5, 5.41) is 21.8. The topological polar surface area (TPSA) is 99.3 Å². The van der Waals surface area contributed by atoms with Crippen LogP contribution in [0.3, 0.4) is 0 Å². The molecular weight excluding hydrogens is 401 g/mol. The fraction of sp³-hybridized carbons (Fsp3) is 0.176. The van der Waals surface area contributed by atoms with Gasteiger partial charge >= 0.3 is 6.18 Å². The molecule has 2 aromatic rings. The molecule has 2 aromatic carbocycles. The first-order chi connectivity index (χ1) is 13.0. The minimum absolute atomic E-state index is 0.0752. The average Bonchev–Trinajstić information content (AvgIpc) is 2.61. The summed E-state index contributed by atoms with van der Waals surface area (Å²) in [5.74, 6) is -0.698. The summed E-state index contributed by atoms with van der Waals surface area (Å²) in [6.07, 6.45) is -4.68. The van der Waals surface area contributed by atoms with Crippen LogP contribution in [-0.4, -0.2) is 24.4 Å². The first kappa shape index (κ1) is 21.0. The van der Waals surface area contributed by atoms with Gasteiger partial charge in [-0.1, -0.05) is 11.6 Å². The summed E-state index contributed by atoms with van der Waals surface area (Å²) in [7, 11) is 1.40. The molecule has 1 amide bonds. The van der Waals surface area contributed by atoms with Gasteiger partial charge in [-0.15, -0.1) is 0 Å². The van der Waals surface area contributed by atoms with Crippen molar-refractivity contribution in [3.8, 4) is 6.07 Å². The molecule has 28 heavy (non-hydrogen) atoms. The molecule has 0 aliphatic rings. The van der Waals surface area contributed by atoms with Gasteiger partial charge in [0.05, 0.1) is 33.7 Å². The number of halogens is 4. The molecule has 0 aliphatic carbocycles. The van der Waals surface area contributed by atoms with Crippen LogP contribution in [-0.2, 0) is 11.0 Å². The molecule has 0 aromatic heterocycles. The molecule has 0 heterocycles. The standard InChI is InChI=1S/C17H12ClF3N4O3/c1-24(14-5-2-10(8-22)6-15(14)25(27)28)9-16(26)23-11-3-4-13(18)12(7-11)17(19,20)21/h2-7H,9H2,1H3,(H,23,26). The third kappa shape index (κ3) is 4.89. The number of rotatable bonds is 5. The van der Waals surface area contributed by atoms with Crippen LogP contribution in [0.1, 0.15) is 11.1 Å². The van der Waals surface area contributed by atoms with E-state index in [-0.39, 0.29) is 29.2 Å². The number of anilines is 2. The van der Waals surface area contributed by atoms with Crippen molar-refractivity contribution >= 4 is 34.6 Å². The fourth-order valence-corrected chi connectivity index (χ4v) is 2.61. The number of nitro benzene ring substituents is 1. The number of amides is 1. The minimum Gasteiger partial charge on any atom is -0.360 e. The molecule has 0 atom stereocenters. The van der Waals surface area contributed by atoms with Crippen molar-refractivity contribution in [3.63, 3.8) is 0 Å². The van der Waals surface area contributed by atoms with Gasteiger partial charge in [0, 0.05) is 18.8 Å². The van der Waals surface area contributed by atoms with Gasteiger partial charge < -0.3 is 10.2 Å². The molecule has 0 saturated carbocycles. The molecule has 0 spiro atoms. The van der Waals surface area contributed by atoms with Crippen molar-refractivity contribution in [1.82, 2.24) is 0 Å². The van der Waals surface area contributed by atoms with Crippen LogP contribution in [0.15, 0.2) is 36.4 Å². The molecule has 0 bridgehead atoms. The first-order valence-electron chi connectivity index (χ1n) is 7.59. The van der Waals surface area contributed by atoms with Gasteiger partial charge in [-0.25, -0.2) is 0 Å². The number of carbonyl (C=O) groups excluding carboxylic acids is 1. The van der Waals surface area contributed by atoms with Crippen LogP contribution in [0.2, 0.25) is 5.02 Å². The van der Waals surface area contributed by atoms with E-state index in [0.717, 1.165) is 12.1 Å². The van der Waals surface area contributed by atoms with Crippen LogP contribution in [0.5, 0.6) is 0 Å². The van der Waals surface area contributed by atoms with Gasteiger partial charge in [-0.05, 0) is 30.3 Å². The van der Waals surface area contributed by atoms with E-state index in [1.807, 2.05) is 0 Å². The Morgan fingerprint density at radius 2 is 2.00 bits per heavy atom. The normalized spacial score (nSPS) is 10.9. The average molecular weight is 413 g/mol. The Morgan fingerprint density at radius 1 is 1.32 bits per heavy atom. The first-order valence-corrected chi connectivity index (χ1v) is 7.97. The van der Waals surface area contributed by atoms with E-state index in [2.05, 4.69) is 5.32 Å². The van der Waals surface area contributed by atoms with E-state index in [1.54, 1.807) is 6.07 Å². The molecule has 0 saturated heterocycles. The van der Waals surface area contributed by atoms with Crippen LogP contribution in [0.4, 0.5) is 30.2 Å². The van der Waals surface area contributed by atoms with Gasteiger partial charge in [0.15, 0.2) is 0 Å². The maximum absolute atomic E-state index is 12.9. The molecule has 1 N–H and O–H groups in total. The largest absolute Gasteiger partial charge is 0.417 e. The molecule has 0 aliphatic heterocycles. The van der Waals surface area contributed by atoms with Crippen molar-refractivity contribution in [3.05, 3.63) is 62.7 Å². The van der Waals surface area contributed by atoms with Crippen LogP contribution >= 0.6 is 11.6 Å². The predicted molar refractivity (Wildman–Crippen MR) is 96.2 cm³/mol. The van der Waals surface area contributed by atoms with E-state index in [0.29, 0.717) is 6.07 Å². The number of alkyl halides is 3. The summed E-state index contributed by atoms with van der Waals surface area (Å²) >= 11 is 5.53. The lowest BCUT2D eigenvalue weighted by Crippen LogP contribution is -2.30.